The molecule has 0 aliphatic rings. The van der Waals surface area contributed by atoms with Gasteiger partial charge < -0.3 is 9.84 Å². The normalized spacial score (nSPS) is 12.7. The van der Waals surface area contributed by atoms with E-state index in [2.05, 4.69) is 60.6 Å². The van der Waals surface area contributed by atoms with Gasteiger partial charge in [-0.1, -0.05) is 54.9 Å². The van der Waals surface area contributed by atoms with Crippen molar-refractivity contribution >= 4 is 0 Å². The highest BCUT2D eigenvalue weighted by molar-refractivity contribution is 5.49. The number of benzene rings is 1. The number of hydrogen-bond donors (Lipinski definition) is 1. The molecule has 0 radical (unpaired) electrons. The fourth-order valence-corrected chi connectivity index (χ4v) is 2.36. The zero-order valence-electron chi connectivity index (χ0n) is 14.8. The van der Waals surface area contributed by atoms with Crippen LogP contribution in [-0.4, -0.2) is 11.7 Å². The van der Waals surface area contributed by atoms with E-state index >= 15 is 0 Å². The van der Waals surface area contributed by atoms with Gasteiger partial charge in [-0.2, -0.15) is 0 Å². The highest BCUT2D eigenvalue weighted by atomic mass is 16.5. The second-order valence-corrected chi connectivity index (χ2v) is 7.95. The molecule has 2 heteroatoms. The first kappa shape index (κ1) is 18.0. The Kier molecular flexibility index (Phi) is 5.86. The van der Waals surface area contributed by atoms with Crippen LogP contribution in [0.3, 0.4) is 0 Å². The third-order valence-electron chi connectivity index (χ3n) is 3.70. The molecule has 0 bridgehead atoms. The van der Waals surface area contributed by atoms with Crippen LogP contribution in [-0.2, 0) is 22.2 Å². The van der Waals surface area contributed by atoms with Crippen molar-refractivity contribution in [2.24, 2.45) is 0 Å². The lowest BCUT2D eigenvalue weighted by Gasteiger charge is -2.28. The van der Waals surface area contributed by atoms with Gasteiger partial charge in [-0.25, -0.2) is 0 Å². The molecule has 0 aromatic heterocycles. The summed E-state index contributed by atoms with van der Waals surface area (Å²) in [5, 5.41) is 10.7. The molecule has 1 aromatic carbocycles. The summed E-state index contributed by atoms with van der Waals surface area (Å²) in [6.45, 7) is 16.4. The van der Waals surface area contributed by atoms with Crippen molar-refractivity contribution in [3.8, 4) is 5.75 Å². The van der Waals surface area contributed by atoms with Gasteiger partial charge in [0.25, 0.3) is 0 Å². The molecule has 0 spiro atoms. The molecule has 0 heterocycles. The Labute approximate surface area is 130 Å². The van der Waals surface area contributed by atoms with E-state index in [1.54, 1.807) is 0 Å². The third-order valence-corrected chi connectivity index (χ3v) is 3.70. The average molecular weight is 292 g/mol. The second kappa shape index (κ2) is 6.83. The highest BCUT2D eigenvalue weighted by Crippen LogP contribution is 2.39. The summed E-state index contributed by atoms with van der Waals surface area (Å²) in [5.74, 6) is 0.437. The molecule has 0 aliphatic heterocycles. The fraction of sp³-hybridized carbons (Fsp3) is 0.684. The van der Waals surface area contributed by atoms with Crippen LogP contribution in [0.5, 0.6) is 5.75 Å². The average Bonchev–Trinajstić information content (AvgIpc) is 2.33. The van der Waals surface area contributed by atoms with E-state index in [1.165, 1.54) is 0 Å². The topological polar surface area (TPSA) is 29.5 Å². The monoisotopic (exact) mass is 292 g/mol. The van der Waals surface area contributed by atoms with Crippen LogP contribution < -0.4 is 0 Å². The Morgan fingerprint density at radius 1 is 0.952 bits per heavy atom. The van der Waals surface area contributed by atoms with Crippen LogP contribution in [0.25, 0.3) is 0 Å². The molecule has 0 aliphatic carbocycles. The maximum Gasteiger partial charge on any atom is 0.123 e. The Hall–Kier alpha value is -1.02. The van der Waals surface area contributed by atoms with Gasteiger partial charge in [0, 0.05) is 6.61 Å². The molecule has 0 unspecified atom stereocenters. The smallest absolute Gasteiger partial charge is 0.123 e. The molecule has 1 aromatic rings. The van der Waals surface area contributed by atoms with Gasteiger partial charge in [0.15, 0.2) is 0 Å². The number of hydrogen-bond acceptors (Lipinski definition) is 2. The molecule has 0 atom stereocenters. The van der Waals surface area contributed by atoms with Crippen molar-refractivity contribution in [1.29, 1.82) is 0 Å². The lowest BCUT2D eigenvalue weighted by molar-refractivity contribution is 0.118. The van der Waals surface area contributed by atoms with Gasteiger partial charge >= 0.3 is 0 Å². The van der Waals surface area contributed by atoms with E-state index in [-0.39, 0.29) is 10.8 Å². The van der Waals surface area contributed by atoms with Gasteiger partial charge in [-0.3, -0.25) is 0 Å². The molecule has 0 saturated carbocycles. The lowest BCUT2D eigenvalue weighted by atomic mass is 9.78. The quantitative estimate of drug-likeness (QED) is 0.746. The number of rotatable bonds is 5. The highest BCUT2D eigenvalue weighted by Gasteiger charge is 2.26. The van der Waals surface area contributed by atoms with Gasteiger partial charge in [0.1, 0.15) is 5.75 Å². The van der Waals surface area contributed by atoms with Crippen molar-refractivity contribution in [1.82, 2.24) is 0 Å². The van der Waals surface area contributed by atoms with Crippen LogP contribution >= 0.6 is 0 Å². The largest absolute Gasteiger partial charge is 0.507 e. The minimum atomic E-state index is -0.0798. The zero-order valence-corrected chi connectivity index (χ0v) is 14.8. The molecule has 21 heavy (non-hydrogen) atoms. The van der Waals surface area contributed by atoms with E-state index in [0.717, 1.165) is 36.1 Å². The molecule has 2 nitrogen and oxygen atoms in total. The summed E-state index contributed by atoms with van der Waals surface area (Å²) >= 11 is 0. The molecule has 1 N–H and O–H groups in total. The summed E-state index contributed by atoms with van der Waals surface area (Å²) in [5.41, 5.74) is 3.00. The first-order valence-corrected chi connectivity index (χ1v) is 8.02. The Balaban J connectivity index is 3.15. The summed E-state index contributed by atoms with van der Waals surface area (Å²) < 4.78 is 5.75. The maximum absolute atomic E-state index is 10.7. The van der Waals surface area contributed by atoms with Crippen molar-refractivity contribution in [2.45, 2.75) is 78.7 Å². The zero-order chi connectivity index (χ0) is 16.3. The number of ether oxygens (including phenoxy) is 1. The SMILES string of the molecule is CCCCOCc1cc(C(C)(C)C)c(O)c(C(C)(C)C)c1. The number of unbranched alkanes of at least 4 members (excludes halogenated alkanes) is 1. The van der Waals surface area contributed by atoms with Gasteiger partial charge in [0.2, 0.25) is 0 Å². The van der Waals surface area contributed by atoms with Crippen molar-refractivity contribution in [3.63, 3.8) is 0 Å². The lowest BCUT2D eigenvalue weighted by Crippen LogP contribution is -2.18. The summed E-state index contributed by atoms with van der Waals surface area (Å²) in [6.07, 6.45) is 2.24. The minimum absolute atomic E-state index is 0.0798. The van der Waals surface area contributed by atoms with Gasteiger partial charge in [0.05, 0.1) is 6.61 Å². The van der Waals surface area contributed by atoms with E-state index in [0.29, 0.717) is 12.4 Å². The minimum Gasteiger partial charge on any atom is -0.507 e. The number of phenols is 1. The Bertz CT molecular complexity index is 426. The molecular weight excluding hydrogens is 260 g/mol. The maximum atomic E-state index is 10.7. The Morgan fingerprint density at radius 3 is 1.81 bits per heavy atom. The van der Waals surface area contributed by atoms with Crippen LogP contribution in [0.15, 0.2) is 12.1 Å². The molecular formula is C19H32O2. The molecule has 1 rings (SSSR count). The molecule has 120 valence electrons. The molecule has 0 fully saturated rings. The summed E-state index contributed by atoms with van der Waals surface area (Å²) in [6, 6.07) is 4.19. The van der Waals surface area contributed by atoms with Crippen molar-refractivity contribution in [2.75, 3.05) is 6.61 Å². The van der Waals surface area contributed by atoms with E-state index in [1.807, 2.05) is 0 Å². The number of aromatic hydroxyl groups is 1. The van der Waals surface area contributed by atoms with Crippen molar-refractivity contribution in [3.05, 3.63) is 28.8 Å². The van der Waals surface area contributed by atoms with Crippen molar-refractivity contribution < 1.29 is 9.84 Å². The van der Waals surface area contributed by atoms with E-state index < -0.39 is 0 Å². The third kappa shape index (κ3) is 5.03. The molecule has 0 saturated heterocycles. The van der Waals surface area contributed by atoms with Crippen LogP contribution in [0, 0.1) is 0 Å². The standard InChI is InChI=1S/C19H32O2/c1-8-9-10-21-13-14-11-15(18(2,3)4)17(20)16(12-14)19(5,6)7/h11-12,20H,8-10,13H2,1-7H3. The van der Waals surface area contributed by atoms with Crippen LogP contribution in [0.1, 0.15) is 78.0 Å². The summed E-state index contributed by atoms with van der Waals surface area (Å²) in [4.78, 5) is 0. The predicted molar refractivity (Wildman–Crippen MR) is 90.1 cm³/mol. The van der Waals surface area contributed by atoms with Crippen LogP contribution in [0.2, 0.25) is 0 Å². The first-order valence-electron chi connectivity index (χ1n) is 8.02. The first-order chi connectivity index (χ1) is 9.57. The Morgan fingerprint density at radius 2 is 1.43 bits per heavy atom. The van der Waals surface area contributed by atoms with E-state index in [9.17, 15) is 5.11 Å². The predicted octanol–water partition coefficient (Wildman–Crippen LogP) is 5.30. The number of phenolic OH excluding ortho intramolecular Hbond substituents is 1. The fourth-order valence-electron chi connectivity index (χ4n) is 2.36. The van der Waals surface area contributed by atoms with E-state index in [4.69, 9.17) is 4.74 Å². The second-order valence-electron chi connectivity index (χ2n) is 7.95. The van der Waals surface area contributed by atoms with Gasteiger partial charge in [-0.15, -0.1) is 0 Å². The van der Waals surface area contributed by atoms with Crippen LogP contribution in [0.4, 0.5) is 0 Å². The van der Waals surface area contributed by atoms with Gasteiger partial charge in [-0.05, 0) is 46.1 Å². The molecule has 0 amide bonds. The summed E-state index contributed by atoms with van der Waals surface area (Å²) in [7, 11) is 0.